The highest BCUT2D eigenvalue weighted by Gasteiger charge is 2.52. The fourth-order valence-corrected chi connectivity index (χ4v) is 5.76. The molecule has 1 aromatic heterocycles. The molecule has 33 heavy (non-hydrogen) atoms. The number of piperidine rings is 1. The summed E-state index contributed by atoms with van der Waals surface area (Å²) in [6, 6.07) is 1.57. The number of nitriles is 1. The number of aliphatic imine (C=N–C) groups is 1. The lowest BCUT2D eigenvalue weighted by Crippen LogP contribution is -2.53. The van der Waals surface area contributed by atoms with E-state index in [0.717, 1.165) is 36.2 Å². The molecule has 2 atom stereocenters. The number of hydrogen-bond acceptors (Lipinski definition) is 5. The molecule has 1 saturated heterocycles. The largest absolute Gasteiger partial charge is 0.511 e. The van der Waals surface area contributed by atoms with Crippen LogP contribution < -0.4 is 5.43 Å². The molecule has 9 nitrogen and oxygen atoms in total. The molecule has 0 aromatic carbocycles. The number of guanidine groups is 1. The second-order valence-electron chi connectivity index (χ2n) is 9.03. The summed E-state index contributed by atoms with van der Waals surface area (Å²) in [5.74, 6) is 0.409. The van der Waals surface area contributed by atoms with E-state index in [9.17, 15) is 32.0 Å². The molecule has 0 bridgehead atoms. The number of hydrogen-bond donors (Lipinski definition) is 2. The topological polar surface area (TPSA) is 114 Å². The third-order valence-electron chi connectivity index (χ3n) is 7.07. The van der Waals surface area contributed by atoms with E-state index in [-0.39, 0.29) is 22.7 Å². The van der Waals surface area contributed by atoms with Crippen LogP contribution in [0.5, 0.6) is 0 Å². The zero-order valence-corrected chi connectivity index (χ0v) is 19.5. The number of fused-ring (bicyclic) bond motifs is 1. The molecule has 2 fully saturated rings. The molecule has 3 aliphatic rings. The van der Waals surface area contributed by atoms with Crippen LogP contribution >= 0.6 is 0 Å². The van der Waals surface area contributed by atoms with E-state index in [1.807, 2.05) is 16.5 Å². The van der Waals surface area contributed by atoms with Gasteiger partial charge in [-0.25, -0.2) is 13.4 Å². The Morgan fingerprint density at radius 3 is 2.55 bits per heavy atom. The summed E-state index contributed by atoms with van der Waals surface area (Å²) in [6.45, 7) is 3.40. The van der Waals surface area contributed by atoms with E-state index < -0.39 is 34.2 Å². The molecule has 0 spiro atoms. The van der Waals surface area contributed by atoms with Gasteiger partial charge in [-0.1, -0.05) is 6.92 Å². The van der Waals surface area contributed by atoms with Gasteiger partial charge in [-0.3, -0.25) is 10.1 Å². The van der Waals surface area contributed by atoms with Crippen LogP contribution in [0, 0.1) is 18.3 Å². The lowest BCUT2D eigenvalue weighted by atomic mass is 9.95. The van der Waals surface area contributed by atoms with Crippen LogP contribution in [0.15, 0.2) is 4.99 Å². The van der Waals surface area contributed by atoms with Gasteiger partial charge >= 0.3 is 15.5 Å². The van der Waals surface area contributed by atoms with Gasteiger partial charge in [0.15, 0.2) is 0 Å². The van der Waals surface area contributed by atoms with Gasteiger partial charge in [-0.2, -0.15) is 22.7 Å². The van der Waals surface area contributed by atoms with Crippen molar-refractivity contribution >= 4 is 16.0 Å². The normalized spacial score (nSPS) is 26.6. The molecule has 4 rings (SSSR count). The Balaban J connectivity index is 1.61. The van der Waals surface area contributed by atoms with Gasteiger partial charge in [0.1, 0.15) is 6.07 Å². The molecular weight excluding hydrogens is 461 g/mol. The van der Waals surface area contributed by atoms with Crippen LogP contribution in [0.4, 0.5) is 13.2 Å². The molecule has 13 heteroatoms. The molecule has 1 aromatic rings. The van der Waals surface area contributed by atoms with Gasteiger partial charge in [-0.05, 0) is 38.2 Å². The van der Waals surface area contributed by atoms with Gasteiger partial charge in [-0.15, -0.1) is 0 Å². The third kappa shape index (κ3) is 3.77. The molecular formula is C20H27F3N6O3S. The number of sulfonamides is 1. The maximum Gasteiger partial charge on any atom is 0.511 e. The lowest BCUT2D eigenvalue weighted by Gasteiger charge is -2.36. The van der Waals surface area contributed by atoms with Crippen LogP contribution in [-0.2, 0) is 22.0 Å². The third-order valence-corrected chi connectivity index (χ3v) is 8.67. The highest BCUT2D eigenvalue weighted by atomic mass is 32.2. The Kier molecular flexibility index (Phi) is 5.70. The average Bonchev–Trinajstić information content (AvgIpc) is 3.49. The highest BCUT2D eigenvalue weighted by molar-refractivity contribution is 7.90. The number of rotatable bonds is 4. The summed E-state index contributed by atoms with van der Waals surface area (Å²) >= 11 is 0. The first-order valence-electron chi connectivity index (χ1n) is 10.8. The van der Waals surface area contributed by atoms with Gasteiger partial charge < -0.3 is 10.0 Å². The first-order chi connectivity index (χ1) is 15.4. The van der Waals surface area contributed by atoms with E-state index in [2.05, 4.69) is 23.4 Å². The monoisotopic (exact) mass is 488 g/mol. The van der Waals surface area contributed by atoms with Crippen LogP contribution in [0.3, 0.4) is 0 Å². The maximum absolute atomic E-state index is 12.9. The van der Waals surface area contributed by atoms with Gasteiger partial charge in [0, 0.05) is 25.6 Å². The Bertz CT molecular complexity index is 1130. The Morgan fingerprint density at radius 2 is 2.03 bits per heavy atom. The molecule has 3 heterocycles. The minimum Gasteiger partial charge on any atom is -0.390 e. The van der Waals surface area contributed by atoms with Gasteiger partial charge in [0.2, 0.25) is 5.96 Å². The summed E-state index contributed by atoms with van der Waals surface area (Å²) in [5.41, 5.74) is 1.17. The van der Waals surface area contributed by atoms with E-state index >= 15 is 0 Å². The summed E-state index contributed by atoms with van der Waals surface area (Å²) in [7, 11) is -3.71. The van der Waals surface area contributed by atoms with Crippen LogP contribution in [0.25, 0.3) is 0 Å². The minimum absolute atomic E-state index is 0.0533. The van der Waals surface area contributed by atoms with Crippen molar-refractivity contribution in [1.82, 2.24) is 13.9 Å². The summed E-state index contributed by atoms with van der Waals surface area (Å²) in [6.07, 6.45) is 1.42. The molecule has 1 aliphatic carbocycles. The minimum atomic E-state index is -5.50. The van der Waals surface area contributed by atoms with Crippen molar-refractivity contribution in [2.45, 2.75) is 69.1 Å². The number of halogens is 3. The van der Waals surface area contributed by atoms with Gasteiger partial charge in [0.05, 0.1) is 35.6 Å². The Morgan fingerprint density at radius 1 is 1.36 bits per heavy atom. The van der Waals surface area contributed by atoms with E-state index in [1.165, 1.54) is 0 Å². The van der Waals surface area contributed by atoms with E-state index in [0.29, 0.717) is 18.1 Å². The lowest BCUT2D eigenvalue weighted by molar-refractivity contribution is -0.0512. The quantitative estimate of drug-likeness (QED) is 0.668. The fraction of sp³-hybridized carbons (Fsp3) is 0.700. The molecule has 0 amide bonds. The second-order valence-corrected chi connectivity index (χ2v) is 11.0. The molecule has 1 saturated carbocycles. The highest BCUT2D eigenvalue weighted by Crippen LogP contribution is 2.53. The van der Waals surface area contributed by atoms with Crippen molar-refractivity contribution in [3.63, 3.8) is 0 Å². The van der Waals surface area contributed by atoms with E-state index in [1.54, 1.807) is 7.05 Å². The molecule has 0 unspecified atom stereocenters. The molecule has 2 aliphatic heterocycles. The predicted molar refractivity (Wildman–Crippen MR) is 114 cm³/mol. The Labute approximate surface area is 190 Å². The number of aliphatic hydroxyl groups excluding tert-OH is 1. The van der Waals surface area contributed by atoms with Crippen LogP contribution in [-0.4, -0.2) is 71.2 Å². The smallest absolute Gasteiger partial charge is 0.390 e. The maximum atomic E-state index is 12.9. The van der Waals surface area contributed by atoms with Crippen LogP contribution in [0.2, 0.25) is 0 Å². The van der Waals surface area contributed by atoms with Gasteiger partial charge in [0.25, 0.3) is 0 Å². The molecule has 2 N–H and O–H groups in total. The number of aromatic nitrogens is 1. The van der Waals surface area contributed by atoms with Crippen molar-refractivity contribution in [3.8, 4) is 6.07 Å². The molecule has 182 valence electrons. The first-order valence-corrected chi connectivity index (χ1v) is 12.3. The number of nitrogens with zero attached hydrogens (tertiary/aromatic N) is 5. The number of β-amino-alcohol motifs (C(OH)–C–C–N with tert-alkyl or cyclic N) is 1. The van der Waals surface area contributed by atoms with Crippen molar-refractivity contribution in [1.29, 1.82) is 5.26 Å². The predicted octanol–water partition coefficient (Wildman–Crippen LogP) is 1.74. The Hall–Kier alpha value is -2.30. The number of aliphatic hydroxyl groups is 1. The van der Waals surface area contributed by atoms with Crippen molar-refractivity contribution in [3.05, 3.63) is 22.5 Å². The zero-order chi connectivity index (χ0) is 24.3. The zero-order valence-electron chi connectivity index (χ0n) is 18.6. The van der Waals surface area contributed by atoms with Crippen molar-refractivity contribution in [2.24, 2.45) is 4.99 Å². The summed E-state index contributed by atoms with van der Waals surface area (Å²) in [5, 5.41) is 20.2. The number of alkyl halides is 3. The standard InChI is InChI=1S/C20H27F3N6O3S/c1-4-19(6-7-19)17-13(9-24)12(2)15-10-27(3)18(26-29(15)17)25-14-5-8-28(11-16(14)30)33(31,32)20(21,22)23/h14,16,30H,4-8,10-11H2,1-3H3,(H,25,26)/t14-,16-/m1/s1. The SMILES string of the molecule is CCC1(c2c(C#N)c(C)c3n2NC(=N[C@@H]2CCN(S(=O)(=O)C(F)(F)F)C[C@H]2O)N(C)C3)CC1. The first kappa shape index (κ1) is 23.8. The van der Waals surface area contributed by atoms with E-state index in [4.69, 9.17) is 0 Å². The summed E-state index contributed by atoms with van der Waals surface area (Å²) < 4.78 is 64.1. The van der Waals surface area contributed by atoms with Crippen molar-refractivity contribution < 1.29 is 26.7 Å². The summed E-state index contributed by atoms with van der Waals surface area (Å²) in [4.78, 5) is 6.35. The van der Waals surface area contributed by atoms with Crippen molar-refractivity contribution in [2.75, 3.05) is 25.6 Å². The van der Waals surface area contributed by atoms with Crippen LogP contribution in [0.1, 0.15) is 55.1 Å². The number of nitrogens with one attached hydrogen (secondary N) is 1. The fourth-order valence-electron chi connectivity index (χ4n) is 4.77. The molecule has 0 radical (unpaired) electrons. The average molecular weight is 489 g/mol. The second kappa shape index (κ2) is 7.89.